The summed E-state index contributed by atoms with van der Waals surface area (Å²) >= 11 is 0. The molecule has 2 N–H and O–H groups in total. The van der Waals surface area contributed by atoms with E-state index in [0.717, 1.165) is 0 Å². The average Bonchev–Trinajstić information content (AvgIpc) is 2.04. The fourth-order valence-electron chi connectivity index (χ4n) is 0.820. The second-order valence-corrected chi connectivity index (χ2v) is 2.14. The van der Waals surface area contributed by atoms with Crippen LogP contribution >= 0.6 is 0 Å². The SMILES string of the molecule is COC(=O)C1=CC=C=CC1N. The Labute approximate surface area is 64.8 Å². The Morgan fingerprint density at radius 2 is 2.55 bits per heavy atom. The third-order valence-corrected chi connectivity index (χ3v) is 1.42. The molecule has 0 aromatic carbocycles. The molecule has 0 radical (unpaired) electrons. The van der Waals surface area contributed by atoms with E-state index < -0.39 is 0 Å². The summed E-state index contributed by atoms with van der Waals surface area (Å²) in [7, 11) is 1.33. The van der Waals surface area contributed by atoms with E-state index in [1.807, 2.05) is 0 Å². The first-order chi connectivity index (χ1) is 5.25. The van der Waals surface area contributed by atoms with Gasteiger partial charge in [-0.1, -0.05) is 0 Å². The zero-order valence-electron chi connectivity index (χ0n) is 6.20. The molecule has 1 aliphatic carbocycles. The number of carbonyl (C=O) groups is 1. The molecule has 0 aromatic rings. The molecule has 0 amide bonds. The number of carbonyl (C=O) groups excluding carboxylic acids is 1. The molecule has 3 heteroatoms. The Morgan fingerprint density at radius 3 is 3.09 bits per heavy atom. The number of hydrogen-bond donors (Lipinski definition) is 1. The summed E-state index contributed by atoms with van der Waals surface area (Å²) in [6.45, 7) is 0. The standard InChI is InChI=1S/C8H9NO2/c1-11-8(10)6-4-2-3-5-7(6)9/h2,4-5,7H,9H2,1H3. The van der Waals surface area contributed by atoms with Gasteiger partial charge in [0.25, 0.3) is 0 Å². The molecule has 11 heavy (non-hydrogen) atoms. The van der Waals surface area contributed by atoms with Crippen molar-refractivity contribution in [1.29, 1.82) is 0 Å². The lowest BCUT2D eigenvalue weighted by molar-refractivity contribution is -0.136. The van der Waals surface area contributed by atoms with Crippen LogP contribution in [-0.2, 0) is 9.53 Å². The van der Waals surface area contributed by atoms with Crippen molar-refractivity contribution in [1.82, 2.24) is 0 Å². The molecule has 1 aliphatic rings. The van der Waals surface area contributed by atoms with Crippen LogP contribution in [0.3, 0.4) is 0 Å². The van der Waals surface area contributed by atoms with Crippen molar-refractivity contribution in [2.45, 2.75) is 6.04 Å². The number of esters is 1. The summed E-state index contributed by atoms with van der Waals surface area (Å²) in [4.78, 5) is 10.9. The highest BCUT2D eigenvalue weighted by Crippen LogP contribution is 2.06. The van der Waals surface area contributed by atoms with E-state index in [4.69, 9.17) is 5.73 Å². The van der Waals surface area contributed by atoms with Crippen LogP contribution in [0.4, 0.5) is 0 Å². The van der Waals surface area contributed by atoms with Crippen molar-refractivity contribution in [3.05, 3.63) is 29.5 Å². The van der Waals surface area contributed by atoms with Gasteiger partial charge in [-0.05, 0) is 18.2 Å². The van der Waals surface area contributed by atoms with Crippen LogP contribution in [0.2, 0.25) is 0 Å². The summed E-state index contributed by atoms with van der Waals surface area (Å²) in [5.74, 6) is -0.383. The van der Waals surface area contributed by atoms with Crippen molar-refractivity contribution in [2.75, 3.05) is 7.11 Å². The van der Waals surface area contributed by atoms with Gasteiger partial charge in [0.1, 0.15) is 0 Å². The smallest absolute Gasteiger partial charge is 0.335 e. The van der Waals surface area contributed by atoms with Crippen LogP contribution in [0, 0.1) is 0 Å². The molecule has 0 aliphatic heterocycles. The Bertz CT molecular complexity index is 259. The molecule has 1 atom stereocenters. The van der Waals surface area contributed by atoms with Crippen LogP contribution < -0.4 is 5.73 Å². The Kier molecular flexibility index (Phi) is 2.26. The maximum atomic E-state index is 10.9. The monoisotopic (exact) mass is 151 g/mol. The fourth-order valence-corrected chi connectivity index (χ4v) is 0.820. The normalized spacial score (nSPS) is 21.3. The molecule has 0 spiro atoms. The van der Waals surface area contributed by atoms with Crippen LogP contribution in [0.15, 0.2) is 29.5 Å². The molecule has 0 saturated heterocycles. The number of rotatable bonds is 1. The Hall–Kier alpha value is -1.31. The van der Waals surface area contributed by atoms with Crippen molar-refractivity contribution < 1.29 is 9.53 Å². The number of nitrogens with two attached hydrogens (primary N) is 1. The summed E-state index contributed by atoms with van der Waals surface area (Å²) in [5, 5.41) is 0. The van der Waals surface area contributed by atoms with E-state index >= 15 is 0 Å². The maximum absolute atomic E-state index is 10.9. The highest BCUT2D eigenvalue weighted by Gasteiger charge is 2.15. The number of ether oxygens (including phenoxy) is 1. The van der Waals surface area contributed by atoms with Gasteiger partial charge in [0, 0.05) is 0 Å². The van der Waals surface area contributed by atoms with Crippen LogP contribution in [0.1, 0.15) is 0 Å². The molecule has 3 nitrogen and oxygen atoms in total. The second kappa shape index (κ2) is 3.19. The van der Waals surface area contributed by atoms with E-state index in [-0.39, 0.29) is 12.0 Å². The van der Waals surface area contributed by atoms with Crippen LogP contribution in [0.5, 0.6) is 0 Å². The molecule has 0 aromatic heterocycles. The molecule has 58 valence electrons. The minimum atomic E-state index is -0.383. The van der Waals surface area contributed by atoms with E-state index in [2.05, 4.69) is 10.5 Å². The lowest BCUT2D eigenvalue weighted by Gasteiger charge is -2.09. The Balaban J connectivity index is 2.83. The first kappa shape index (κ1) is 7.79. The van der Waals surface area contributed by atoms with Crippen molar-refractivity contribution in [2.24, 2.45) is 5.73 Å². The molecule has 0 fully saturated rings. The van der Waals surface area contributed by atoms with Gasteiger partial charge in [-0.2, -0.15) is 0 Å². The van der Waals surface area contributed by atoms with Crippen LogP contribution in [0.25, 0.3) is 0 Å². The van der Waals surface area contributed by atoms with Gasteiger partial charge in [-0.25, -0.2) is 4.79 Å². The summed E-state index contributed by atoms with van der Waals surface area (Å²) < 4.78 is 4.51. The molecular formula is C8H9NO2. The molecule has 0 bridgehead atoms. The highest BCUT2D eigenvalue weighted by atomic mass is 16.5. The predicted molar refractivity (Wildman–Crippen MR) is 40.7 cm³/mol. The quantitative estimate of drug-likeness (QED) is 0.428. The molecule has 0 saturated carbocycles. The lowest BCUT2D eigenvalue weighted by Crippen LogP contribution is -2.26. The average molecular weight is 151 g/mol. The van der Waals surface area contributed by atoms with Gasteiger partial charge in [-0.15, -0.1) is 5.73 Å². The molecule has 1 rings (SSSR count). The zero-order chi connectivity index (χ0) is 8.27. The van der Waals surface area contributed by atoms with Gasteiger partial charge >= 0.3 is 5.97 Å². The van der Waals surface area contributed by atoms with Crippen molar-refractivity contribution >= 4 is 5.97 Å². The topological polar surface area (TPSA) is 52.3 Å². The first-order valence-corrected chi connectivity index (χ1v) is 3.22. The summed E-state index contributed by atoms with van der Waals surface area (Å²) in [6, 6.07) is -0.382. The molecule has 1 unspecified atom stereocenters. The van der Waals surface area contributed by atoms with Gasteiger partial charge in [-0.3, -0.25) is 0 Å². The Morgan fingerprint density at radius 1 is 1.82 bits per heavy atom. The largest absolute Gasteiger partial charge is 0.466 e. The fraction of sp³-hybridized carbons (Fsp3) is 0.250. The van der Waals surface area contributed by atoms with E-state index in [1.54, 1.807) is 18.2 Å². The summed E-state index contributed by atoms with van der Waals surface area (Å²) in [5.41, 5.74) is 8.80. The maximum Gasteiger partial charge on any atom is 0.335 e. The van der Waals surface area contributed by atoms with Crippen LogP contribution in [-0.4, -0.2) is 19.1 Å². The predicted octanol–water partition coefficient (Wildman–Crippen LogP) is 0.138. The third-order valence-electron chi connectivity index (χ3n) is 1.42. The van der Waals surface area contributed by atoms with Crippen molar-refractivity contribution in [3.63, 3.8) is 0 Å². The first-order valence-electron chi connectivity index (χ1n) is 3.22. The number of allylic oxidation sites excluding steroid dienone is 1. The minimum absolute atomic E-state index is 0.382. The molecule has 0 heterocycles. The highest BCUT2D eigenvalue weighted by molar-refractivity contribution is 5.90. The molecular weight excluding hydrogens is 142 g/mol. The van der Waals surface area contributed by atoms with Gasteiger partial charge in [0.05, 0.1) is 18.7 Å². The second-order valence-electron chi connectivity index (χ2n) is 2.14. The third kappa shape index (κ3) is 1.58. The number of hydrogen-bond acceptors (Lipinski definition) is 3. The van der Waals surface area contributed by atoms with Crippen molar-refractivity contribution in [3.8, 4) is 0 Å². The van der Waals surface area contributed by atoms with Gasteiger partial charge < -0.3 is 10.5 Å². The summed E-state index contributed by atoms with van der Waals surface area (Å²) in [6.07, 6.45) is 4.86. The van der Waals surface area contributed by atoms with E-state index in [9.17, 15) is 4.79 Å². The van der Waals surface area contributed by atoms with Gasteiger partial charge in [0.2, 0.25) is 0 Å². The van der Waals surface area contributed by atoms with Gasteiger partial charge in [0.15, 0.2) is 0 Å². The minimum Gasteiger partial charge on any atom is -0.466 e. The lowest BCUT2D eigenvalue weighted by atomic mass is 10.1. The van der Waals surface area contributed by atoms with E-state index in [0.29, 0.717) is 5.57 Å². The van der Waals surface area contributed by atoms with E-state index in [1.165, 1.54) is 7.11 Å². The number of methoxy groups -OCH3 is 1. The zero-order valence-corrected chi connectivity index (χ0v) is 6.20.